The monoisotopic (exact) mass is 387 g/mol. The molecule has 2 fully saturated rings. The molecule has 0 unspecified atom stereocenters. The number of halogens is 3. The summed E-state index contributed by atoms with van der Waals surface area (Å²) >= 11 is 0. The lowest BCUT2D eigenvalue weighted by molar-refractivity contribution is -1.02. The molecule has 2 atom stereocenters. The van der Waals surface area contributed by atoms with E-state index >= 15 is 0 Å². The first-order valence-electron chi connectivity index (χ1n) is 9.61. The summed E-state index contributed by atoms with van der Waals surface area (Å²) < 4.78 is 43.5. The third-order valence-electron chi connectivity index (χ3n) is 5.63. The maximum atomic E-state index is 12.6. The lowest BCUT2D eigenvalue weighted by Gasteiger charge is -2.33. The van der Waals surface area contributed by atoms with Crippen molar-refractivity contribution >= 4 is 11.6 Å². The number of hydrogen-bond acceptors (Lipinski definition) is 2. The quantitative estimate of drug-likeness (QED) is 0.666. The maximum Gasteiger partial charge on any atom is 0.416 e. The molecule has 0 bridgehead atoms. The van der Waals surface area contributed by atoms with E-state index in [2.05, 4.69) is 5.32 Å². The Bertz CT molecular complexity index is 622. The second-order valence-corrected chi connectivity index (χ2v) is 7.53. The van der Waals surface area contributed by atoms with E-state index in [1.54, 1.807) is 0 Å². The van der Waals surface area contributed by atoms with Crippen molar-refractivity contribution in [3.8, 4) is 0 Å². The number of amides is 1. The second-order valence-electron chi connectivity index (χ2n) is 7.53. The average Bonchev–Trinajstić information content (AvgIpc) is 3.14. The highest BCUT2D eigenvalue weighted by atomic mass is 19.4. The van der Waals surface area contributed by atoms with E-state index < -0.39 is 11.7 Å². The number of carbonyl (C=O) groups is 1. The van der Waals surface area contributed by atoms with Crippen LogP contribution >= 0.6 is 0 Å². The summed E-state index contributed by atoms with van der Waals surface area (Å²) in [6.45, 7) is 7.61. The predicted octanol–water partition coefficient (Wildman–Crippen LogP) is -0.00520. The Kier molecular flexibility index (Phi) is 6.39. The van der Waals surface area contributed by atoms with Crippen molar-refractivity contribution < 1.29 is 32.5 Å². The summed E-state index contributed by atoms with van der Waals surface area (Å²) in [6, 6.07) is 4.33. The Balaban J connectivity index is 1.46. The van der Waals surface area contributed by atoms with Gasteiger partial charge in [-0.05, 0) is 44.0 Å². The van der Waals surface area contributed by atoms with Crippen LogP contribution in [0.3, 0.4) is 0 Å². The predicted molar refractivity (Wildman–Crippen MR) is 94.8 cm³/mol. The first kappa shape index (κ1) is 20.1. The van der Waals surface area contributed by atoms with Crippen LogP contribution in [0.4, 0.5) is 18.9 Å². The zero-order valence-corrected chi connectivity index (χ0v) is 15.6. The Morgan fingerprint density at radius 3 is 2.44 bits per heavy atom. The van der Waals surface area contributed by atoms with E-state index in [1.807, 2.05) is 6.92 Å². The Morgan fingerprint density at radius 2 is 1.89 bits per heavy atom. The number of hydrogen-bond donors (Lipinski definition) is 3. The fourth-order valence-electron chi connectivity index (χ4n) is 3.87. The van der Waals surface area contributed by atoms with E-state index in [4.69, 9.17) is 4.74 Å². The summed E-state index contributed by atoms with van der Waals surface area (Å²) in [5.41, 5.74) is -0.327. The molecule has 1 aromatic carbocycles. The van der Waals surface area contributed by atoms with Gasteiger partial charge < -0.3 is 19.9 Å². The lowest BCUT2D eigenvalue weighted by Crippen LogP contribution is -3.30. The highest BCUT2D eigenvalue weighted by molar-refractivity contribution is 5.93. The van der Waals surface area contributed by atoms with Crippen LogP contribution < -0.4 is 15.1 Å². The van der Waals surface area contributed by atoms with Gasteiger partial charge in [0.2, 0.25) is 0 Å². The van der Waals surface area contributed by atoms with Gasteiger partial charge in [-0.3, -0.25) is 4.79 Å². The van der Waals surface area contributed by atoms with E-state index in [0.717, 1.165) is 64.3 Å². The third kappa shape index (κ3) is 5.43. The molecule has 2 heterocycles. The van der Waals surface area contributed by atoms with Crippen LogP contribution in [-0.2, 0) is 15.7 Å². The number of quaternary nitrogens is 2. The summed E-state index contributed by atoms with van der Waals surface area (Å²) in [6.07, 6.45) is -1.70. The van der Waals surface area contributed by atoms with Gasteiger partial charge in [-0.2, -0.15) is 13.2 Å². The number of alkyl halides is 3. The SMILES string of the molecule is C[C@@H](C(=O)Nc1ccc(C(F)(F)F)cc1)[NH+]1CC[NH+](C[C@H]2CCCO2)CC1. The summed E-state index contributed by atoms with van der Waals surface area (Å²) in [7, 11) is 0. The number of carbonyl (C=O) groups excluding carboxylic acids is 1. The number of benzene rings is 1. The van der Waals surface area contributed by atoms with Crippen LogP contribution in [0.5, 0.6) is 0 Å². The Morgan fingerprint density at radius 1 is 1.22 bits per heavy atom. The molecule has 27 heavy (non-hydrogen) atoms. The van der Waals surface area contributed by atoms with Gasteiger partial charge in [-0.1, -0.05) is 0 Å². The standard InChI is InChI=1S/C19H26F3N3O2/c1-14(18(26)23-16-6-4-15(5-7-16)19(20,21)22)25-10-8-24(9-11-25)13-17-3-2-12-27-17/h4-7,14,17H,2-3,8-13H2,1H3,(H,23,26)/p+2/t14-,17+/m0/s1. The van der Waals surface area contributed by atoms with Crippen LogP contribution in [-0.4, -0.2) is 57.4 Å². The molecule has 8 heteroatoms. The highest BCUT2D eigenvalue weighted by Gasteiger charge is 2.33. The molecule has 0 aliphatic carbocycles. The van der Waals surface area contributed by atoms with Crippen LogP contribution in [0.2, 0.25) is 0 Å². The van der Waals surface area contributed by atoms with Gasteiger partial charge in [-0.25, -0.2) is 0 Å². The number of piperazine rings is 1. The summed E-state index contributed by atoms with van der Waals surface area (Å²) in [5, 5.41) is 2.73. The molecule has 2 aliphatic heterocycles. The van der Waals surface area contributed by atoms with Crippen molar-refractivity contribution in [2.24, 2.45) is 0 Å². The molecule has 3 rings (SSSR count). The first-order valence-corrected chi connectivity index (χ1v) is 9.61. The van der Waals surface area contributed by atoms with Crippen molar-refractivity contribution in [1.82, 2.24) is 0 Å². The molecular weight excluding hydrogens is 359 g/mol. The molecule has 1 amide bonds. The zero-order chi connectivity index (χ0) is 19.4. The summed E-state index contributed by atoms with van der Waals surface area (Å²) in [5.74, 6) is -0.160. The van der Waals surface area contributed by atoms with Crippen LogP contribution in [0.1, 0.15) is 25.3 Å². The average molecular weight is 387 g/mol. The fraction of sp³-hybridized carbons (Fsp3) is 0.632. The number of nitrogens with one attached hydrogen (secondary N) is 3. The minimum absolute atomic E-state index is 0.160. The van der Waals surface area contributed by atoms with Crippen LogP contribution in [0, 0.1) is 0 Å². The Hall–Kier alpha value is -1.64. The van der Waals surface area contributed by atoms with E-state index in [-0.39, 0.29) is 11.9 Å². The Labute approximate surface area is 157 Å². The van der Waals surface area contributed by atoms with E-state index in [1.165, 1.54) is 21.9 Å². The number of anilines is 1. The minimum atomic E-state index is -4.37. The molecule has 0 radical (unpaired) electrons. The molecule has 0 spiro atoms. The third-order valence-corrected chi connectivity index (χ3v) is 5.63. The van der Waals surface area contributed by atoms with Crippen molar-refractivity contribution in [2.75, 3.05) is 44.6 Å². The molecule has 0 aromatic heterocycles. The zero-order valence-electron chi connectivity index (χ0n) is 15.6. The first-order chi connectivity index (χ1) is 12.8. The molecule has 3 N–H and O–H groups in total. The highest BCUT2D eigenvalue weighted by Crippen LogP contribution is 2.29. The second kappa shape index (κ2) is 8.58. The molecule has 2 saturated heterocycles. The molecule has 1 aromatic rings. The van der Waals surface area contributed by atoms with Gasteiger partial charge in [0, 0.05) is 12.3 Å². The van der Waals surface area contributed by atoms with Crippen molar-refractivity contribution in [1.29, 1.82) is 0 Å². The normalized spacial score (nSPS) is 27.3. The van der Waals surface area contributed by atoms with E-state index in [9.17, 15) is 18.0 Å². The smallest absolute Gasteiger partial charge is 0.372 e. The topological polar surface area (TPSA) is 47.2 Å². The number of ether oxygens (including phenoxy) is 1. The maximum absolute atomic E-state index is 12.6. The molecule has 150 valence electrons. The van der Waals surface area contributed by atoms with Gasteiger partial charge in [0.15, 0.2) is 6.04 Å². The van der Waals surface area contributed by atoms with Crippen molar-refractivity contribution in [3.05, 3.63) is 29.8 Å². The molecular formula is C19H28F3N3O2+2. The summed E-state index contributed by atoms with van der Waals surface area (Å²) in [4.78, 5) is 15.2. The molecule has 5 nitrogen and oxygen atoms in total. The minimum Gasteiger partial charge on any atom is -0.372 e. The van der Waals surface area contributed by atoms with Crippen LogP contribution in [0.25, 0.3) is 0 Å². The van der Waals surface area contributed by atoms with Crippen LogP contribution in [0.15, 0.2) is 24.3 Å². The van der Waals surface area contributed by atoms with Gasteiger partial charge in [0.05, 0.1) is 5.56 Å². The number of rotatable bonds is 5. The van der Waals surface area contributed by atoms with Crippen molar-refractivity contribution in [2.45, 2.75) is 38.1 Å². The van der Waals surface area contributed by atoms with E-state index in [0.29, 0.717) is 11.8 Å². The fourth-order valence-corrected chi connectivity index (χ4v) is 3.87. The van der Waals surface area contributed by atoms with Gasteiger partial charge in [0.25, 0.3) is 5.91 Å². The molecule has 0 saturated carbocycles. The molecule has 2 aliphatic rings. The van der Waals surface area contributed by atoms with Gasteiger partial charge >= 0.3 is 6.18 Å². The van der Waals surface area contributed by atoms with Gasteiger partial charge in [-0.15, -0.1) is 0 Å². The lowest BCUT2D eigenvalue weighted by atomic mass is 10.1. The van der Waals surface area contributed by atoms with Gasteiger partial charge in [0.1, 0.15) is 38.8 Å². The van der Waals surface area contributed by atoms with Crippen molar-refractivity contribution in [3.63, 3.8) is 0 Å². The largest absolute Gasteiger partial charge is 0.416 e.